The number of aliphatic hydroxyl groups is 1. The van der Waals surface area contributed by atoms with Crippen LogP contribution in [0.2, 0.25) is 0 Å². The molecule has 0 bridgehead atoms. The predicted octanol–water partition coefficient (Wildman–Crippen LogP) is 2.76. The van der Waals surface area contributed by atoms with Crippen LogP contribution in [-0.4, -0.2) is 50.2 Å². The van der Waals surface area contributed by atoms with Crippen LogP contribution >= 0.6 is 0 Å². The van der Waals surface area contributed by atoms with Crippen molar-refractivity contribution in [1.82, 2.24) is 24.9 Å². The Morgan fingerprint density at radius 2 is 2.03 bits per heavy atom. The molecule has 0 saturated heterocycles. The first-order valence-electron chi connectivity index (χ1n) is 10.0. The van der Waals surface area contributed by atoms with Gasteiger partial charge in [0, 0.05) is 11.8 Å². The maximum atomic E-state index is 15.5. The normalized spacial score (nSPS) is 12.5. The lowest BCUT2D eigenvalue weighted by molar-refractivity contribution is -0.108. The van der Waals surface area contributed by atoms with Gasteiger partial charge in [-0.25, -0.2) is 22.1 Å². The molecule has 1 atom stereocenters. The SMILES string of the molecule is COc1ccc(-c2ccn3nc(N)nc3c2)c(F)c1C(=O)NCC(F)(F)C(O)c1ccc(F)cn1. The number of halogens is 4. The quantitative estimate of drug-likeness (QED) is 0.340. The fourth-order valence-corrected chi connectivity index (χ4v) is 3.38. The number of hydrogen-bond acceptors (Lipinski definition) is 7. The van der Waals surface area contributed by atoms with E-state index in [1.165, 1.54) is 42.1 Å². The molecule has 1 amide bonds. The van der Waals surface area contributed by atoms with Crippen molar-refractivity contribution < 1.29 is 32.2 Å². The number of nitrogen functional groups attached to an aromatic ring is 1. The van der Waals surface area contributed by atoms with Crippen LogP contribution in [0.4, 0.5) is 23.5 Å². The number of nitrogens with two attached hydrogens (primary N) is 1. The highest BCUT2D eigenvalue weighted by atomic mass is 19.3. The van der Waals surface area contributed by atoms with Crippen molar-refractivity contribution in [3.05, 3.63) is 71.7 Å². The minimum absolute atomic E-state index is 0.0105. The second-order valence-electron chi connectivity index (χ2n) is 7.44. The van der Waals surface area contributed by atoms with E-state index in [1.54, 1.807) is 0 Å². The number of carbonyl (C=O) groups is 1. The van der Waals surface area contributed by atoms with Crippen molar-refractivity contribution in [3.63, 3.8) is 0 Å². The topological polar surface area (TPSA) is 128 Å². The molecule has 1 unspecified atom stereocenters. The van der Waals surface area contributed by atoms with E-state index in [9.17, 15) is 23.1 Å². The highest BCUT2D eigenvalue weighted by Crippen LogP contribution is 2.33. The van der Waals surface area contributed by atoms with Crippen LogP contribution in [0.5, 0.6) is 5.75 Å². The van der Waals surface area contributed by atoms with E-state index >= 15 is 4.39 Å². The number of ether oxygens (including phenoxy) is 1. The molecule has 0 radical (unpaired) electrons. The number of pyridine rings is 2. The van der Waals surface area contributed by atoms with Crippen molar-refractivity contribution in [2.75, 3.05) is 19.4 Å². The zero-order chi connectivity index (χ0) is 25.3. The third-order valence-electron chi connectivity index (χ3n) is 5.13. The van der Waals surface area contributed by atoms with Crippen LogP contribution in [0.3, 0.4) is 0 Å². The first kappa shape index (κ1) is 23.9. The first-order valence-corrected chi connectivity index (χ1v) is 10.0. The molecule has 4 aromatic rings. The molecule has 0 fully saturated rings. The Hall–Kier alpha value is -4.26. The standard InChI is InChI=1S/C22H18F4N6O3/c1-35-15-5-3-13(11-6-7-32-16(8-11)30-21(27)31-32)18(24)17(15)20(34)29-10-22(25,26)19(33)14-4-2-12(23)9-28-14/h2-9,19,33H,10H2,1H3,(H2,27,31)(H,29,34). The molecule has 0 saturated carbocycles. The zero-order valence-electron chi connectivity index (χ0n) is 18.0. The minimum atomic E-state index is -3.90. The zero-order valence-corrected chi connectivity index (χ0v) is 18.0. The lowest BCUT2D eigenvalue weighted by atomic mass is 10.0. The van der Waals surface area contributed by atoms with E-state index in [2.05, 4.69) is 15.1 Å². The lowest BCUT2D eigenvalue weighted by Gasteiger charge is -2.23. The van der Waals surface area contributed by atoms with Gasteiger partial charge in [-0.15, -0.1) is 5.10 Å². The third-order valence-corrected chi connectivity index (χ3v) is 5.13. The number of fused-ring (bicyclic) bond motifs is 1. The van der Waals surface area contributed by atoms with Gasteiger partial charge in [-0.2, -0.15) is 4.98 Å². The number of aromatic nitrogens is 4. The molecular formula is C22H18F4N6O3. The largest absolute Gasteiger partial charge is 0.496 e. The van der Waals surface area contributed by atoms with E-state index in [1.807, 2.05) is 5.32 Å². The maximum absolute atomic E-state index is 15.5. The summed E-state index contributed by atoms with van der Waals surface area (Å²) in [5.41, 5.74) is 5.06. The fraction of sp³-hybridized carbons (Fsp3) is 0.182. The summed E-state index contributed by atoms with van der Waals surface area (Å²) in [6.45, 7) is -1.36. The molecule has 35 heavy (non-hydrogen) atoms. The van der Waals surface area contributed by atoms with Gasteiger partial charge in [0.25, 0.3) is 11.8 Å². The summed E-state index contributed by atoms with van der Waals surface area (Å²) in [5.74, 6) is -7.08. The van der Waals surface area contributed by atoms with Crippen molar-refractivity contribution >= 4 is 17.5 Å². The number of carbonyl (C=O) groups excluding carboxylic acids is 1. The summed E-state index contributed by atoms with van der Waals surface area (Å²) < 4.78 is 63.9. The molecule has 3 heterocycles. The van der Waals surface area contributed by atoms with Gasteiger partial charge >= 0.3 is 0 Å². The summed E-state index contributed by atoms with van der Waals surface area (Å²) >= 11 is 0. The van der Waals surface area contributed by atoms with Gasteiger partial charge in [-0.1, -0.05) is 0 Å². The van der Waals surface area contributed by atoms with Gasteiger partial charge in [0.1, 0.15) is 22.9 Å². The van der Waals surface area contributed by atoms with Crippen LogP contribution in [0.1, 0.15) is 22.2 Å². The second-order valence-corrected chi connectivity index (χ2v) is 7.44. The first-order chi connectivity index (χ1) is 16.6. The maximum Gasteiger partial charge on any atom is 0.295 e. The summed E-state index contributed by atoms with van der Waals surface area (Å²) in [7, 11) is 1.19. The molecule has 3 aromatic heterocycles. The number of nitrogens with one attached hydrogen (secondary N) is 1. The Morgan fingerprint density at radius 3 is 2.71 bits per heavy atom. The molecule has 182 valence electrons. The van der Waals surface area contributed by atoms with Crippen molar-refractivity contribution in [1.29, 1.82) is 0 Å². The number of amides is 1. The monoisotopic (exact) mass is 490 g/mol. The van der Waals surface area contributed by atoms with Crippen LogP contribution in [-0.2, 0) is 0 Å². The van der Waals surface area contributed by atoms with Gasteiger partial charge in [-0.3, -0.25) is 9.78 Å². The van der Waals surface area contributed by atoms with E-state index in [-0.39, 0.29) is 17.3 Å². The molecule has 1 aromatic carbocycles. The third kappa shape index (κ3) is 4.71. The average molecular weight is 490 g/mol. The van der Waals surface area contributed by atoms with Gasteiger partial charge in [-0.05, 0) is 42.0 Å². The average Bonchev–Trinajstić information content (AvgIpc) is 3.21. The number of hydrogen-bond donors (Lipinski definition) is 3. The fourth-order valence-electron chi connectivity index (χ4n) is 3.38. The number of aliphatic hydroxyl groups excluding tert-OH is 1. The Labute approximate surface area is 195 Å². The summed E-state index contributed by atoms with van der Waals surface area (Å²) in [5, 5.41) is 15.8. The number of alkyl halides is 2. The Bertz CT molecular complexity index is 1390. The molecule has 9 nitrogen and oxygen atoms in total. The molecule has 0 aliphatic rings. The smallest absolute Gasteiger partial charge is 0.295 e. The Morgan fingerprint density at radius 1 is 1.26 bits per heavy atom. The lowest BCUT2D eigenvalue weighted by Crippen LogP contribution is -2.41. The van der Waals surface area contributed by atoms with Gasteiger partial charge in [0.2, 0.25) is 5.95 Å². The van der Waals surface area contributed by atoms with Crippen LogP contribution in [0.25, 0.3) is 16.8 Å². The summed E-state index contributed by atoms with van der Waals surface area (Å²) in [4.78, 5) is 20.2. The molecular weight excluding hydrogens is 472 g/mol. The number of rotatable bonds is 7. The van der Waals surface area contributed by atoms with E-state index < -0.39 is 47.4 Å². The van der Waals surface area contributed by atoms with Crippen molar-refractivity contribution in [3.8, 4) is 16.9 Å². The van der Waals surface area contributed by atoms with Crippen molar-refractivity contribution in [2.24, 2.45) is 0 Å². The Kier molecular flexibility index (Phi) is 6.26. The van der Waals surface area contributed by atoms with Crippen LogP contribution in [0.15, 0.2) is 48.8 Å². The predicted molar refractivity (Wildman–Crippen MR) is 116 cm³/mol. The highest BCUT2D eigenvalue weighted by Gasteiger charge is 2.41. The number of benzene rings is 1. The van der Waals surface area contributed by atoms with Crippen molar-refractivity contribution in [2.45, 2.75) is 12.0 Å². The van der Waals surface area contributed by atoms with Crippen LogP contribution < -0.4 is 15.8 Å². The minimum Gasteiger partial charge on any atom is -0.496 e. The second kappa shape index (κ2) is 9.18. The summed E-state index contributed by atoms with van der Waals surface area (Å²) in [6.07, 6.45) is -0.281. The molecule has 4 N–H and O–H groups in total. The van der Waals surface area contributed by atoms with E-state index in [0.717, 1.165) is 12.1 Å². The molecule has 13 heteroatoms. The van der Waals surface area contributed by atoms with E-state index in [4.69, 9.17) is 10.5 Å². The number of methoxy groups -OCH3 is 1. The van der Waals surface area contributed by atoms with Crippen LogP contribution in [0, 0.1) is 11.6 Å². The molecule has 4 rings (SSSR count). The van der Waals surface area contributed by atoms with Gasteiger partial charge in [0.15, 0.2) is 11.8 Å². The number of anilines is 1. The number of nitrogens with zero attached hydrogens (tertiary/aromatic N) is 4. The van der Waals surface area contributed by atoms with Gasteiger partial charge in [0.05, 0.1) is 25.5 Å². The summed E-state index contributed by atoms with van der Waals surface area (Å²) in [6, 6.07) is 7.41. The van der Waals surface area contributed by atoms with Gasteiger partial charge < -0.3 is 20.9 Å². The molecule has 0 aliphatic heterocycles. The Balaban J connectivity index is 1.60. The molecule has 0 aliphatic carbocycles. The van der Waals surface area contributed by atoms with E-state index in [0.29, 0.717) is 17.4 Å². The molecule has 0 spiro atoms. The highest BCUT2D eigenvalue weighted by molar-refractivity contribution is 5.98.